The molecule has 0 saturated heterocycles. The number of carbonyl (C=O) groups excluding carboxylic acids is 1. The molecular formula is C13H10N4O3. The molecular weight excluding hydrogens is 260 g/mol. The zero-order valence-electron chi connectivity index (χ0n) is 10.2. The molecule has 2 heterocycles. The first-order valence-electron chi connectivity index (χ1n) is 5.81. The van der Waals surface area contributed by atoms with E-state index in [0.717, 1.165) is 10.9 Å². The number of carboxylic acid groups (broad SMARTS) is 1. The number of aromatic nitrogens is 3. The summed E-state index contributed by atoms with van der Waals surface area (Å²) in [5.41, 5.74) is 1.15. The van der Waals surface area contributed by atoms with Crippen LogP contribution in [0.5, 0.6) is 0 Å². The lowest BCUT2D eigenvalue weighted by molar-refractivity contribution is 0.0690. The van der Waals surface area contributed by atoms with Crippen LogP contribution in [0.1, 0.15) is 21.0 Å². The van der Waals surface area contributed by atoms with Gasteiger partial charge in [0.2, 0.25) is 0 Å². The van der Waals surface area contributed by atoms with Gasteiger partial charge in [0.1, 0.15) is 11.4 Å². The molecule has 3 rings (SSSR count). The lowest BCUT2D eigenvalue weighted by Gasteiger charge is -1.97. The fourth-order valence-corrected chi connectivity index (χ4v) is 1.87. The number of carbonyl (C=O) groups is 2. The maximum Gasteiger partial charge on any atom is 0.353 e. The van der Waals surface area contributed by atoms with Gasteiger partial charge < -0.3 is 15.4 Å². The van der Waals surface area contributed by atoms with Crippen molar-refractivity contribution in [1.82, 2.24) is 15.2 Å². The fourth-order valence-electron chi connectivity index (χ4n) is 1.87. The number of hydrogen-bond acceptors (Lipinski definition) is 3. The minimum Gasteiger partial charge on any atom is -0.477 e. The highest BCUT2D eigenvalue weighted by Gasteiger charge is 2.13. The van der Waals surface area contributed by atoms with E-state index in [1.807, 2.05) is 24.3 Å². The van der Waals surface area contributed by atoms with Gasteiger partial charge in [0.25, 0.3) is 5.91 Å². The molecule has 0 radical (unpaired) electrons. The molecule has 100 valence electrons. The second-order valence-electron chi connectivity index (χ2n) is 4.20. The van der Waals surface area contributed by atoms with Gasteiger partial charge >= 0.3 is 5.97 Å². The molecule has 3 aromatic rings. The smallest absolute Gasteiger partial charge is 0.353 e. The van der Waals surface area contributed by atoms with Gasteiger partial charge in [-0.05, 0) is 12.1 Å². The highest BCUT2D eigenvalue weighted by atomic mass is 16.4. The van der Waals surface area contributed by atoms with E-state index < -0.39 is 5.97 Å². The van der Waals surface area contributed by atoms with Crippen molar-refractivity contribution in [2.75, 3.05) is 5.32 Å². The molecule has 0 atom stereocenters. The summed E-state index contributed by atoms with van der Waals surface area (Å²) in [5.74, 6) is -1.36. The van der Waals surface area contributed by atoms with E-state index in [0.29, 0.717) is 5.69 Å². The van der Waals surface area contributed by atoms with Crippen LogP contribution in [0.15, 0.2) is 36.4 Å². The molecule has 7 nitrogen and oxygen atoms in total. The number of para-hydroxylation sites is 1. The number of amides is 1. The highest BCUT2D eigenvalue weighted by Crippen LogP contribution is 2.15. The van der Waals surface area contributed by atoms with Crippen molar-refractivity contribution in [2.45, 2.75) is 0 Å². The van der Waals surface area contributed by atoms with E-state index in [-0.39, 0.29) is 17.4 Å². The number of benzene rings is 1. The van der Waals surface area contributed by atoms with Gasteiger partial charge in [-0.3, -0.25) is 9.89 Å². The first-order chi connectivity index (χ1) is 9.63. The molecule has 0 aliphatic rings. The Morgan fingerprint density at radius 1 is 1.15 bits per heavy atom. The van der Waals surface area contributed by atoms with Crippen molar-refractivity contribution in [3.8, 4) is 0 Å². The van der Waals surface area contributed by atoms with Gasteiger partial charge in [-0.25, -0.2) is 4.79 Å². The maximum absolute atomic E-state index is 12.0. The second-order valence-corrected chi connectivity index (χ2v) is 4.20. The number of aromatic amines is 2. The number of anilines is 1. The standard InChI is InChI=1S/C13H10N4O3/c18-12(15-11-6-10(13(19)20)16-17-11)9-5-7-3-1-2-4-8(7)14-9/h1-6,14H,(H,19,20)(H2,15,16,17,18). The molecule has 0 aliphatic heterocycles. The van der Waals surface area contributed by atoms with E-state index in [9.17, 15) is 9.59 Å². The van der Waals surface area contributed by atoms with Gasteiger partial charge in [-0.15, -0.1) is 0 Å². The van der Waals surface area contributed by atoms with Gasteiger partial charge in [0, 0.05) is 17.0 Å². The van der Waals surface area contributed by atoms with Gasteiger partial charge in [-0.1, -0.05) is 18.2 Å². The van der Waals surface area contributed by atoms with Crippen LogP contribution in [0.2, 0.25) is 0 Å². The summed E-state index contributed by atoms with van der Waals surface area (Å²) < 4.78 is 0. The first kappa shape index (κ1) is 12.0. The van der Waals surface area contributed by atoms with E-state index in [4.69, 9.17) is 5.11 Å². The number of nitrogens with one attached hydrogen (secondary N) is 3. The molecule has 0 saturated carbocycles. The normalized spacial score (nSPS) is 10.6. The lowest BCUT2D eigenvalue weighted by Crippen LogP contribution is -2.12. The summed E-state index contributed by atoms with van der Waals surface area (Å²) in [5, 5.41) is 18.2. The molecule has 7 heteroatoms. The number of carboxylic acids is 1. The summed E-state index contributed by atoms with van der Waals surface area (Å²) >= 11 is 0. The number of H-pyrrole nitrogens is 2. The van der Waals surface area contributed by atoms with Gasteiger partial charge in [0.05, 0.1) is 0 Å². The van der Waals surface area contributed by atoms with E-state index >= 15 is 0 Å². The quantitative estimate of drug-likeness (QED) is 0.581. The van der Waals surface area contributed by atoms with Crippen molar-refractivity contribution in [2.24, 2.45) is 0 Å². The number of hydrogen-bond donors (Lipinski definition) is 4. The van der Waals surface area contributed by atoms with Crippen LogP contribution < -0.4 is 5.32 Å². The number of aromatic carboxylic acids is 1. The SMILES string of the molecule is O=C(O)c1cc(NC(=O)c2cc3ccccc3[nH]2)n[nH]1. The Balaban J connectivity index is 1.83. The molecule has 4 N–H and O–H groups in total. The van der Waals surface area contributed by atoms with Crippen molar-refractivity contribution in [1.29, 1.82) is 0 Å². The van der Waals surface area contributed by atoms with Gasteiger partial charge in [0.15, 0.2) is 5.82 Å². The predicted molar refractivity (Wildman–Crippen MR) is 71.8 cm³/mol. The van der Waals surface area contributed by atoms with Crippen LogP contribution in [0.25, 0.3) is 10.9 Å². The lowest BCUT2D eigenvalue weighted by atomic mass is 10.2. The Morgan fingerprint density at radius 3 is 2.65 bits per heavy atom. The minimum absolute atomic E-state index is 0.0862. The van der Waals surface area contributed by atoms with Crippen molar-refractivity contribution >= 4 is 28.6 Å². The monoisotopic (exact) mass is 270 g/mol. The van der Waals surface area contributed by atoms with Crippen molar-refractivity contribution < 1.29 is 14.7 Å². The van der Waals surface area contributed by atoms with E-state index in [1.54, 1.807) is 6.07 Å². The first-order valence-corrected chi connectivity index (χ1v) is 5.81. The second kappa shape index (κ2) is 4.54. The Morgan fingerprint density at radius 2 is 1.95 bits per heavy atom. The minimum atomic E-state index is -1.14. The topological polar surface area (TPSA) is 111 Å². The molecule has 0 aliphatic carbocycles. The number of fused-ring (bicyclic) bond motifs is 1. The Kier molecular flexibility index (Phi) is 2.72. The van der Waals surface area contributed by atoms with Crippen LogP contribution in [0.3, 0.4) is 0 Å². The van der Waals surface area contributed by atoms with Crippen LogP contribution in [-0.4, -0.2) is 32.2 Å². The third-order valence-corrected chi connectivity index (χ3v) is 2.82. The largest absolute Gasteiger partial charge is 0.477 e. The summed E-state index contributed by atoms with van der Waals surface area (Å²) in [4.78, 5) is 25.7. The number of rotatable bonds is 3. The average molecular weight is 270 g/mol. The molecule has 0 spiro atoms. The zero-order valence-corrected chi connectivity index (χ0v) is 10.2. The Bertz CT molecular complexity index is 770. The van der Waals surface area contributed by atoms with Crippen LogP contribution in [-0.2, 0) is 0 Å². The summed E-state index contributed by atoms with van der Waals surface area (Å²) in [7, 11) is 0. The molecule has 2 aromatic heterocycles. The van der Waals surface area contributed by atoms with Crippen LogP contribution in [0.4, 0.5) is 5.82 Å². The zero-order chi connectivity index (χ0) is 14.1. The van der Waals surface area contributed by atoms with Crippen molar-refractivity contribution in [3.05, 3.63) is 47.8 Å². The van der Waals surface area contributed by atoms with Gasteiger partial charge in [-0.2, -0.15) is 5.10 Å². The fraction of sp³-hybridized carbons (Fsp3) is 0. The molecule has 0 bridgehead atoms. The van der Waals surface area contributed by atoms with Crippen LogP contribution >= 0.6 is 0 Å². The predicted octanol–water partition coefficient (Wildman–Crippen LogP) is 1.84. The average Bonchev–Trinajstić information content (AvgIpc) is 3.04. The van der Waals surface area contributed by atoms with E-state index in [2.05, 4.69) is 20.5 Å². The Hall–Kier alpha value is -3.09. The maximum atomic E-state index is 12.0. The van der Waals surface area contributed by atoms with Crippen molar-refractivity contribution in [3.63, 3.8) is 0 Å². The summed E-state index contributed by atoms with van der Waals surface area (Å²) in [6.45, 7) is 0. The third-order valence-electron chi connectivity index (χ3n) is 2.82. The van der Waals surface area contributed by atoms with E-state index in [1.165, 1.54) is 6.07 Å². The molecule has 0 fully saturated rings. The molecule has 20 heavy (non-hydrogen) atoms. The Labute approximate surface area is 112 Å². The van der Waals surface area contributed by atoms with Crippen LogP contribution in [0, 0.1) is 0 Å². The summed E-state index contributed by atoms with van der Waals surface area (Å²) in [6.07, 6.45) is 0. The molecule has 1 amide bonds. The highest BCUT2D eigenvalue weighted by molar-refractivity contribution is 6.05. The number of nitrogens with zero attached hydrogens (tertiary/aromatic N) is 1. The third kappa shape index (κ3) is 2.12. The molecule has 0 unspecified atom stereocenters. The summed E-state index contributed by atoms with van der Waals surface area (Å²) in [6, 6.07) is 10.5. The molecule has 1 aromatic carbocycles.